The second-order valence-corrected chi connectivity index (χ2v) is 15.3. The second-order valence-electron chi connectivity index (χ2n) is 13.8. The van der Waals surface area contributed by atoms with E-state index in [1.807, 2.05) is 0 Å². The van der Waals surface area contributed by atoms with Gasteiger partial charge in [-0.25, -0.2) is 9.36 Å². The van der Waals surface area contributed by atoms with Crippen molar-refractivity contribution in [2.75, 3.05) is 19.8 Å². The smallest absolute Gasteiger partial charge is 0.472 e. The molecule has 3 unspecified atom stereocenters. The van der Waals surface area contributed by atoms with Gasteiger partial charge in [0.25, 0.3) is 0 Å². The summed E-state index contributed by atoms with van der Waals surface area (Å²) in [7, 11) is -4.75. The van der Waals surface area contributed by atoms with E-state index in [1.165, 1.54) is 70.6 Å². The Bertz CT molecular complexity index is 989. The van der Waals surface area contributed by atoms with Crippen LogP contribution >= 0.6 is 7.82 Å². The highest BCUT2D eigenvalue weighted by molar-refractivity contribution is 7.47. The zero-order valence-electron chi connectivity index (χ0n) is 32.6. The first-order valence-electron chi connectivity index (χ1n) is 20.4. The normalized spacial score (nSPS) is 14.1. The van der Waals surface area contributed by atoms with Crippen LogP contribution in [0.4, 0.5) is 0 Å². The number of amides is 1. The number of aliphatic hydroxyl groups is 1. The number of ether oxygens (including phenoxy) is 1. The van der Waals surface area contributed by atoms with Gasteiger partial charge in [0.1, 0.15) is 12.7 Å². The first-order valence-corrected chi connectivity index (χ1v) is 21.9. The van der Waals surface area contributed by atoms with Gasteiger partial charge in [0.05, 0.1) is 13.2 Å². The summed E-state index contributed by atoms with van der Waals surface area (Å²) in [6.07, 6.45) is 35.0. The summed E-state index contributed by atoms with van der Waals surface area (Å²) in [5.74, 6) is -2.39. The molecule has 0 fully saturated rings. The lowest BCUT2D eigenvalue weighted by molar-refractivity contribution is -0.147. The van der Waals surface area contributed by atoms with E-state index in [0.717, 1.165) is 70.6 Å². The van der Waals surface area contributed by atoms with Crippen molar-refractivity contribution in [2.45, 2.75) is 193 Å². The van der Waals surface area contributed by atoms with Crippen molar-refractivity contribution in [3.05, 3.63) is 24.3 Å². The molecule has 0 radical (unpaired) electrons. The molecule has 0 aliphatic carbocycles. The molecule has 0 saturated heterocycles. The van der Waals surface area contributed by atoms with Crippen LogP contribution in [-0.2, 0) is 32.7 Å². The maximum atomic E-state index is 12.2. The fourth-order valence-corrected chi connectivity index (χ4v) is 6.26. The number of unbranched alkanes of at least 4 members (excludes halogenated alkanes) is 20. The molecule has 0 bridgehead atoms. The molecule has 11 nitrogen and oxygen atoms in total. The molecule has 0 aromatic rings. The summed E-state index contributed by atoms with van der Waals surface area (Å²) >= 11 is 0. The average molecular weight is 760 g/mol. The van der Waals surface area contributed by atoms with Crippen LogP contribution in [0.15, 0.2) is 24.3 Å². The van der Waals surface area contributed by atoms with Gasteiger partial charge in [0, 0.05) is 12.8 Å². The number of hydrogen-bond acceptors (Lipinski definition) is 8. The van der Waals surface area contributed by atoms with Gasteiger partial charge in [-0.2, -0.15) is 0 Å². The Hall–Kier alpha value is -2.04. The zero-order valence-corrected chi connectivity index (χ0v) is 33.5. The Labute approximate surface area is 315 Å². The van der Waals surface area contributed by atoms with Crippen LogP contribution in [0.25, 0.3) is 0 Å². The lowest BCUT2D eigenvalue weighted by Gasteiger charge is -2.18. The van der Waals surface area contributed by atoms with E-state index < -0.39 is 57.6 Å². The van der Waals surface area contributed by atoms with Gasteiger partial charge in [0.15, 0.2) is 6.04 Å². The number of phosphoric acid groups is 1. The molecule has 3 atom stereocenters. The Morgan fingerprint density at radius 3 is 1.54 bits per heavy atom. The molecule has 304 valence electrons. The number of aliphatic carboxylic acids is 1. The van der Waals surface area contributed by atoms with Crippen LogP contribution in [0.3, 0.4) is 0 Å². The van der Waals surface area contributed by atoms with E-state index in [9.17, 15) is 34.1 Å². The minimum Gasteiger partial charge on any atom is -0.480 e. The molecule has 52 heavy (non-hydrogen) atoms. The minimum atomic E-state index is -4.75. The monoisotopic (exact) mass is 760 g/mol. The van der Waals surface area contributed by atoms with Gasteiger partial charge in [0.2, 0.25) is 5.91 Å². The molecule has 0 aliphatic rings. The molecule has 12 heteroatoms. The summed E-state index contributed by atoms with van der Waals surface area (Å²) in [4.78, 5) is 45.7. The number of allylic oxidation sites excluding steroid dienone is 4. The van der Waals surface area contributed by atoms with Crippen molar-refractivity contribution in [3.8, 4) is 0 Å². The van der Waals surface area contributed by atoms with Gasteiger partial charge in [-0.05, 0) is 57.8 Å². The fourth-order valence-electron chi connectivity index (χ4n) is 5.49. The summed E-state index contributed by atoms with van der Waals surface area (Å²) < 4.78 is 26.7. The van der Waals surface area contributed by atoms with E-state index in [1.54, 1.807) is 0 Å². The quantitative estimate of drug-likeness (QED) is 0.0206. The number of aliphatic hydroxyl groups excluding tert-OH is 1. The van der Waals surface area contributed by atoms with Gasteiger partial charge < -0.3 is 25.2 Å². The lowest BCUT2D eigenvalue weighted by Crippen LogP contribution is -2.43. The fraction of sp³-hybridized carbons (Fsp3) is 0.825. The highest BCUT2D eigenvalue weighted by Gasteiger charge is 2.28. The second kappa shape index (κ2) is 36.0. The number of phosphoric ester groups is 1. The van der Waals surface area contributed by atoms with Gasteiger partial charge >= 0.3 is 19.8 Å². The number of carbonyl (C=O) groups is 3. The molecule has 0 aromatic heterocycles. The van der Waals surface area contributed by atoms with Crippen molar-refractivity contribution in [1.82, 2.24) is 5.32 Å². The van der Waals surface area contributed by atoms with E-state index in [2.05, 4.69) is 43.5 Å². The molecular weight excluding hydrogens is 685 g/mol. The number of esters is 1. The molecular formula is C40H74NO10P. The SMILES string of the molecule is CCC/C=C\CCCCCCCC(=O)NC(COP(=O)(O)OCC(O)COC(=O)CCCCCCCCC/C=C\CCCCCCCCC)C(=O)O. The maximum Gasteiger partial charge on any atom is 0.472 e. The van der Waals surface area contributed by atoms with Crippen LogP contribution in [0, 0.1) is 0 Å². The summed E-state index contributed by atoms with van der Waals surface area (Å²) in [6.45, 7) is 2.50. The Morgan fingerprint density at radius 1 is 0.596 bits per heavy atom. The first kappa shape index (κ1) is 50.0. The number of rotatable bonds is 38. The van der Waals surface area contributed by atoms with Gasteiger partial charge in [-0.3, -0.25) is 18.6 Å². The third-order valence-electron chi connectivity index (χ3n) is 8.69. The van der Waals surface area contributed by atoms with Crippen LogP contribution in [-0.4, -0.2) is 64.9 Å². The van der Waals surface area contributed by atoms with Crippen molar-refractivity contribution in [3.63, 3.8) is 0 Å². The van der Waals surface area contributed by atoms with Crippen molar-refractivity contribution in [2.24, 2.45) is 0 Å². The van der Waals surface area contributed by atoms with Gasteiger partial charge in [-0.15, -0.1) is 0 Å². The number of carboxylic acid groups (broad SMARTS) is 1. The van der Waals surface area contributed by atoms with Crippen molar-refractivity contribution < 1.29 is 47.8 Å². The predicted octanol–water partition coefficient (Wildman–Crippen LogP) is 9.89. The molecule has 0 aromatic carbocycles. The van der Waals surface area contributed by atoms with Crippen LogP contribution < -0.4 is 5.32 Å². The Balaban J connectivity index is 3.89. The minimum absolute atomic E-state index is 0.135. The molecule has 0 rings (SSSR count). The van der Waals surface area contributed by atoms with Crippen molar-refractivity contribution in [1.29, 1.82) is 0 Å². The molecule has 1 amide bonds. The Morgan fingerprint density at radius 2 is 1.04 bits per heavy atom. The topological polar surface area (TPSA) is 169 Å². The van der Waals surface area contributed by atoms with E-state index in [4.69, 9.17) is 13.8 Å². The predicted molar refractivity (Wildman–Crippen MR) is 208 cm³/mol. The maximum absolute atomic E-state index is 12.2. The third-order valence-corrected chi connectivity index (χ3v) is 9.64. The van der Waals surface area contributed by atoms with Crippen LogP contribution in [0.1, 0.15) is 181 Å². The lowest BCUT2D eigenvalue weighted by atomic mass is 10.1. The Kier molecular flexibility index (Phi) is 34.6. The number of nitrogens with one attached hydrogen (secondary N) is 1. The number of hydrogen-bond donors (Lipinski definition) is 4. The molecule has 0 spiro atoms. The highest BCUT2D eigenvalue weighted by Crippen LogP contribution is 2.43. The van der Waals surface area contributed by atoms with Crippen LogP contribution in [0.2, 0.25) is 0 Å². The van der Waals surface area contributed by atoms with E-state index in [-0.39, 0.29) is 12.8 Å². The average Bonchev–Trinajstić information content (AvgIpc) is 3.11. The standard InChI is InChI=1S/C40H74NO10P/c1-3-5-7-9-11-13-15-16-17-18-19-20-21-22-24-26-28-30-32-39(44)49-33-36(42)34-50-52(47,48)51-35-37(40(45)46)41-38(43)31-29-27-25-23-14-12-10-8-6-4-2/h8,10,17-18,36-37,42H,3-7,9,11-16,19-35H2,1-2H3,(H,41,43)(H,45,46)(H,47,48)/b10-8-,18-17-. The number of carboxylic acids is 1. The first-order chi connectivity index (χ1) is 25.1. The molecule has 0 aliphatic heterocycles. The molecule has 4 N–H and O–H groups in total. The largest absolute Gasteiger partial charge is 0.480 e. The van der Waals surface area contributed by atoms with Gasteiger partial charge in [-0.1, -0.05) is 134 Å². The van der Waals surface area contributed by atoms with Crippen LogP contribution in [0.5, 0.6) is 0 Å². The summed E-state index contributed by atoms with van der Waals surface area (Å²) in [5.41, 5.74) is 0. The summed E-state index contributed by atoms with van der Waals surface area (Å²) in [6, 6.07) is -1.55. The summed E-state index contributed by atoms with van der Waals surface area (Å²) in [5, 5.41) is 21.7. The third kappa shape index (κ3) is 35.0. The molecule has 0 saturated carbocycles. The van der Waals surface area contributed by atoms with Crippen molar-refractivity contribution >= 4 is 25.7 Å². The molecule has 0 heterocycles. The number of carbonyl (C=O) groups excluding carboxylic acids is 2. The zero-order chi connectivity index (χ0) is 38.5. The van der Waals surface area contributed by atoms with E-state index in [0.29, 0.717) is 12.8 Å². The van der Waals surface area contributed by atoms with E-state index >= 15 is 0 Å². The highest BCUT2D eigenvalue weighted by atomic mass is 31.2.